The van der Waals surface area contributed by atoms with Gasteiger partial charge in [-0.25, -0.2) is 0 Å². The Morgan fingerprint density at radius 1 is 1.40 bits per heavy atom. The highest BCUT2D eigenvalue weighted by Gasteiger charge is 2.20. The van der Waals surface area contributed by atoms with Crippen molar-refractivity contribution in [2.75, 3.05) is 0 Å². The second-order valence-corrected chi connectivity index (χ2v) is 4.91. The van der Waals surface area contributed by atoms with Crippen molar-refractivity contribution >= 4 is 11.2 Å². The van der Waals surface area contributed by atoms with Crippen LogP contribution in [0, 0.1) is 6.92 Å². The first-order valence-corrected chi connectivity index (χ1v) is 5.09. The Labute approximate surface area is 67.4 Å². The van der Waals surface area contributed by atoms with Crippen molar-refractivity contribution in [1.82, 2.24) is 0 Å². The summed E-state index contributed by atoms with van der Waals surface area (Å²) in [6.45, 7) is 9.82. The highest BCUT2D eigenvalue weighted by molar-refractivity contribution is 7.92. The molecule has 1 radical (unpaired) electrons. The summed E-state index contributed by atoms with van der Waals surface area (Å²) < 4.78 is 11.4. The molecule has 1 nitrogen and oxygen atoms in total. The van der Waals surface area contributed by atoms with E-state index in [4.69, 9.17) is 0 Å². The lowest BCUT2D eigenvalue weighted by atomic mass is 10.4. The predicted molar refractivity (Wildman–Crippen MR) is 47.3 cm³/mol. The monoisotopic (exact) mass is 161 g/mol. The lowest BCUT2D eigenvalue weighted by Gasteiger charge is -2.21. The van der Waals surface area contributed by atoms with E-state index in [2.05, 4.69) is 13.8 Å². The molecule has 0 amide bonds. The molecule has 0 saturated heterocycles. The summed E-state index contributed by atoms with van der Waals surface area (Å²) in [4.78, 5) is 0. The van der Waals surface area contributed by atoms with Gasteiger partial charge < -0.3 is 4.55 Å². The fourth-order valence-corrected chi connectivity index (χ4v) is 2.03. The Hall–Kier alpha value is 0.310. The Kier molecular flexibility index (Phi) is 5.18. The van der Waals surface area contributed by atoms with Crippen LogP contribution in [0.4, 0.5) is 0 Å². The summed E-state index contributed by atoms with van der Waals surface area (Å²) in [7, 11) is 0. The van der Waals surface area contributed by atoms with E-state index in [0.717, 1.165) is 12.8 Å². The highest BCUT2D eigenvalue weighted by atomic mass is 32.2. The van der Waals surface area contributed by atoms with E-state index in [1.807, 2.05) is 13.8 Å². The van der Waals surface area contributed by atoms with Gasteiger partial charge in [-0.15, -0.1) is 0 Å². The van der Waals surface area contributed by atoms with Crippen LogP contribution in [-0.2, 0) is 11.2 Å². The maximum absolute atomic E-state index is 11.4. The average Bonchev–Trinajstić information content (AvgIpc) is 2.00. The average molecular weight is 161 g/mol. The van der Waals surface area contributed by atoms with Crippen molar-refractivity contribution in [2.24, 2.45) is 0 Å². The van der Waals surface area contributed by atoms with Crippen LogP contribution < -0.4 is 0 Å². The van der Waals surface area contributed by atoms with Crippen LogP contribution in [0.5, 0.6) is 0 Å². The fourth-order valence-electron chi connectivity index (χ4n) is 0.677. The van der Waals surface area contributed by atoms with Crippen molar-refractivity contribution in [3.05, 3.63) is 6.92 Å². The molecule has 0 saturated carbocycles. The van der Waals surface area contributed by atoms with Gasteiger partial charge in [0.1, 0.15) is 10.5 Å². The molecule has 0 aromatic carbocycles. The molecule has 0 fully saturated rings. The molecule has 0 spiro atoms. The molecule has 0 aromatic heterocycles. The third-order valence-corrected chi connectivity index (χ3v) is 3.93. The SMILES string of the molecule is [CH2]CC(C)[S+]([O-])C(C)CC. The summed E-state index contributed by atoms with van der Waals surface area (Å²) in [6, 6.07) is 0. The molecule has 3 atom stereocenters. The lowest BCUT2D eigenvalue weighted by Crippen LogP contribution is -2.27. The largest absolute Gasteiger partial charge is 0.616 e. The number of rotatable bonds is 4. The van der Waals surface area contributed by atoms with Crippen molar-refractivity contribution in [1.29, 1.82) is 0 Å². The van der Waals surface area contributed by atoms with Gasteiger partial charge in [0.15, 0.2) is 0 Å². The number of hydrogen-bond acceptors (Lipinski definition) is 1. The molecule has 0 bridgehead atoms. The summed E-state index contributed by atoms with van der Waals surface area (Å²) in [5.41, 5.74) is 0. The molecule has 2 heteroatoms. The van der Waals surface area contributed by atoms with E-state index in [1.54, 1.807) is 0 Å². The third kappa shape index (κ3) is 2.93. The van der Waals surface area contributed by atoms with Crippen LogP contribution in [-0.4, -0.2) is 15.1 Å². The first-order chi connectivity index (χ1) is 4.63. The maximum Gasteiger partial charge on any atom is 0.113 e. The quantitative estimate of drug-likeness (QED) is 0.579. The molecule has 3 unspecified atom stereocenters. The van der Waals surface area contributed by atoms with Gasteiger partial charge in [0.25, 0.3) is 0 Å². The van der Waals surface area contributed by atoms with Gasteiger partial charge in [-0.05, 0) is 44.8 Å². The Morgan fingerprint density at radius 2 is 1.90 bits per heavy atom. The minimum absolute atomic E-state index is 0.259. The van der Waals surface area contributed by atoms with Crippen molar-refractivity contribution in [2.45, 2.75) is 44.1 Å². The molecule has 0 aliphatic heterocycles. The minimum Gasteiger partial charge on any atom is -0.616 e. The predicted octanol–water partition coefficient (Wildman–Crippen LogP) is 2.15. The molecule has 10 heavy (non-hydrogen) atoms. The van der Waals surface area contributed by atoms with E-state index in [0.29, 0.717) is 5.25 Å². The first kappa shape index (κ1) is 10.3. The van der Waals surface area contributed by atoms with Crippen LogP contribution in [0.2, 0.25) is 0 Å². The summed E-state index contributed by atoms with van der Waals surface area (Å²) in [6.07, 6.45) is 1.77. The van der Waals surface area contributed by atoms with Gasteiger partial charge in [0, 0.05) is 0 Å². The lowest BCUT2D eigenvalue weighted by molar-refractivity contribution is 0.567. The van der Waals surface area contributed by atoms with Crippen molar-refractivity contribution in [3.63, 3.8) is 0 Å². The molecule has 0 aromatic rings. The van der Waals surface area contributed by atoms with Crippen LogP contribution in [0.1, 0.15) is 33.6 Å². The normalized spacial score (nSPS) is 20.1. The molecule has 61 valence electrons. The van der Waals surface area contributed by atoms with Gasteiger partial charge in [0.05, 0.1) is 0 Å². The molecule has 0 aliphatic rings. The Bertz CT molecular complexity index is 75.3. The van der Waals surface area contributed by atoms with Crippen LogP contribution in [0.3, 0.4) is 0 Å². The second kappa shape index (κ2) is 5.03. The maximum atomic E-state index is 11.4. The Morgan fingerprint density at radius 3 is 2.20 bits per heavy atom. The molecule has 0 N–H and O–H groups in total. The van der Waals surface area contributed by atoms with E-state index < -0.39 is 11.2 Å². The van der Waals surface area contributed by atoms with E-state index >= 15 is 0 Å². The number of hydrogen-bond donors (Lipinski definition) is 0. The van der Waals surface area contributed by atoms with E-state index in [1.165, 1.54) is 0 Å². The smallest absolute Gasteiger partial charge is 0.113 e. The molecule has 0 heterocycles. The van der Waals surface area contributed by atoms with Crippen molar-refractivity contribution < 1.29 is 4.55 Å². The van der Waals surface area contributed by atoms with Crippen LogP contribution >= 0.6 is 0 Å². The topological polar surface area (TPSA) is 23.1 Å². The molecular formula is C8H17OS. The zero-order valence-electron chi connectivity index (χ0n) is 7.09. The highest BCUT2D eigenvalue weighted by Crippen LogP contribution is 2.13. The molecule has 0 rings (SSSR count). The minimum atomic E-state index is -0.672. The van der Waals surface area contributed by atoms with E-state index in [-0.39, 0.29) is 5.25 Å². The third-order valence-electron chi connectivity index (χ3n) is 1.77. The van der Waals surface area contributed by atoms with Gasteiger partial charge in [-0.2, -0.15) is 0 Å². The summed E-state index contributed by atoms with van der Waals surface area (Å²) >= 11 is -0.672. The molecule has 0 aliphatic carbocycles. The van der Waals surface area contributed by atoms with Crippen LogP contribution in [0.25, 0.3) is 0 Å². The second-order valence-electron chi connectivity index (χ2n) is 2.65. The zero-order chi connectivity index (χ0) is 8.15. The van der Waals surface area contributed by atoms with Gasteiger partial charge >= 0.3 is 0 Å². The van der Waals surface area contributed by atoms with Gasteiger partial charge in [0.2, 0.25) is 0 Å². The Balaban J connectivity index is 3.69. The summed E-state index contributed by atoms with van der Waals surface area (Å²) in [5.74, 6) is 0. The van der Waals surface area contributed by atoms with Gasteiger partial charge in [-0.3, -0.25) is 0 Å². The summed E-state index contributed by atoms with van der Waals surface area (Å²) in [5, 5.41) is 0.590. The first-order valence-electron chi connectivity index (χ1n) is 3.82. The zero-order valence-corrected chi connectivity index (χ0v) is 7.91. The standard InChI is InChI=1S/C8H17OS/c1-5-7(3)10(9)8(4)6-2/h7-8H,1,5-6H2,2-4H3. The van der Waals surface area contributed by atoms with Gasteiger partial charge in [-0.1, -0.05) is 6.92 Å². The van der Waals surface area contributed by atoms with Crippen LogP contribution in [0.15, 0.2) is 0 Å². The molecular weight excluding hydrogens is 144 g/mol. The van der Waals surface area contributed by atoms with E-state index in [9.17, 15) is 4.55 Å². The fraction of sp³-hybridized carbons (Fsp3) is 0.875. The van der Waals surface area contributed by atoms with Crippen molar-refractivity contribution in [3.8, 4) is 0 Å².